The number of imide groups is 1. The van der Waals surface area contributed by atoms with Gasteiger partial charge in [0.25, 0.3) is 5.91 Å². The summed E-state index contributed by atoms with van der Waals surface area (Å²) in [6.07, 6.45) is 0.881. The maximum Gasteiger partial charge on any atom is 0.344 e. The van der Waals surface area contributed by atoms with Crippen molar-refractivity contribution in [2.24, 2.45) is 0 Å². The fraction of sp³-hybridized carbons (Fsp3) is 0.368. The van der Waals surface area contributed by atoms with E-state index < -0.39 is 23.4 Å². The second-order valence-corrected chi connectivity index (χ2v) is 6.53. The van der Waals surface area contributed by atoms with E-state index in [1.807, 2.05) is 13.0 Å². The molecule has 27 heavy (non-hydrogen) atoms. The van der Waals surface area contributed by atoms with Crippen LogP contribution in [0, 0.1) is 13.8 Å². The number of nitrogens with one attached hydrogen (secondary N) is 2. The summed E-state index contributed by atoms with van der Waals surface area (Å²) >= 11 is 0. The quantitative estimate of drug-likeness (QED) is 0.758. The SMILES string of the molecule is CC[C@@]1(c2ccccc2)NC(=O)N(NC(=O)CCc2c(C)noc2C)C1=O. The van der Waals surface area contributed by atoms with Crippen molar-refractivity contribution in [3.63, 3.8) is 0 Å². The Morgan fingerprint density at radius 1 is 1.26 bits per heavy atom. The van der Waals surface area contributed by atoms with Gasteiger partial charge in [-0.15, -0.1) is 0 Å². The molecule has 2 heterocycles. The number of aryl methyl sites for hydroxylation is 2. The number of rotatable bonds is 6. The molecule has 1 aliphatic rings. The Bertz CT molecular complexity index is 858. The van der Waals surface area contributed by atoms with Gasteiger partial charge in [0.2, 0.25) is 5.91 Å². The molecule has 0 unspecified atom stereocenters. The summed E-state index contributed by atoms with van der Waals surface area (Å²) in [4.78, 5) is 37.6. The third-order valence-corrected chi connectivity index (χ3v) is 4.91. The minimum atomic E-state index is -1.17. The maximum absolute atomic E-state index is 12.9. The van der Waals surface area contributed by atoms with Gasteiger partial charge >= 0.3 is 6.03 Å². The Balaban J connectivity index is 1.71. The van der Waals surface area contributed by atoms with E-state index in [1.165, 1.54) is 0 Å². The summed E-state index contributed by atoms with van der Waals surface area (Å²) in [5.74, 6) is -0.269. The van der Waals surface area contributed by atoms with Crippen LogP contribution in [-0.2, 0) is 21.5 Å². The Morgan fingerprint density at radius 3 is 2.56 bits per heavy atom. The standard InChI is InChI=1S/C19H22N4O4/c1-4-19(14-8-6-5-7-9-14)17(25)23(18(26)20-19)21-16(24)11-10-15-12(2)22-27-13(15)3/h5-9H,4,10-11H2,1-3H3,(H,20,26)(H,21,24)/t19-/m0/s1. The number of hydrazine groups is 1. The third kappa shape index (κ3) is 3.30. The first-order valence-electron chi connectivity index (χ1n) is 8.82. The van der Waals surface area contributed by atoms with Crippen LogP contribution < -0.4 is 10.7 Å². The summed E-state index contributed by atoms with van der Waals surface area (Å²) < 4.78 is 5.08. The highest BCUT2D eigenvalue weighted by molar-refractivity contribution is 6.08. The van der Waals surface area contributed by atoms with Crippen LogP contribution in [0.25, 0.3) is 0 Å². The highest BCUT2D eigenvalue weighted by atomic mass is 16.5. The van der Waals surface area contributed by atoms with Crippen molar-refractivity contribution in [1.82, 2.24) is 20.9 Å². The first-order valence-corrected chi connectivity index (χ1v) is 8.82. The summed E-state index contributed by atoms with van der Waals surface area (Å²) in [5, 5.41) is 7.34. The molecule has 2 N–H and O–H groups in total. The van der Waals surface area contributed by atoms with Crippen molar-refractivity contribution in [2.45, 2.75) is 45.6 Å². The van der Waals surface area contributed by atoms with Gasteiger partial charge in [-0.1, -0.05) is 42.4 Å². The van der Waals surface area contributed by atoms with E-state index in [0.29, 0.717) is 24.2 Å². The van der Waals surface area contributed by atoms with Gasteiger partial charge < -0.3 is 9.84 Å². The van der Waals surface area contributed by atoms with Crippen molar-refractivity contribution in [1.29, 1.82) is 0 Å². The number of nitrogens with zero attached hydrogens (tertiary/aromatic N) is 2. The molecule has 2 aromatic rings. The molecule has 1 saturated heterocycles. The van der Waals surface area contributed by atoms with Crippen LogP contribution in [0.1, 0.15) is 42.3 Å². The van der Waals surface area contributed by atoms with Gasteiger partial charge in [0.15, 0.2) is 0 Å². The molecule has 1 aromatic carbocycles. The first-order chi connectivity index (χ1) is 12.9. The van der Waals surface area contributed by atoms with Gasteiger partial charge in [-0.2, -0.15) is 5.01 Å². The minimum absolute atomic E-state index is 0.102. The molecule has 0 radical (unpaired) electrons. The molecule has 1 fully saturated rings. The number of carbonyl (C=O) groups is 3. The molecule has 1 atom stereocenters. The monoisotopic (exact) mass is 370 g/mol. The van der Waals surface area contributed by atoms with Crippen LogP contribution in [0.4, 0.5) is 4.79 Å². The lowest BCUT2D eigenvalue weighted by atomic mass is 9.87. The highest BCUT2D eigenvalue weighted by Gasteiger charge is 2.52. The maximum atomic E-state index is 12.9. The average Bonchev–Trinajstić information content (AvgIpc) is 3.12. The largest absolute Gasteiger partial charge is 0.361 e. The van der Waals surface area contributed by atoms with Gasteiger partial charge in [0.1, 0.15) is 11.3 Å². The fourth-order valence-electron chi connectivity index (χ4n) is 3.32. The molecule has 1 aliphatic heterocycles. The molecule has 1 aromatic heterocycles. The van der Waals surface area contributed by atoms with Crippen LogP contribution in [0.5, 0.6) is 0 Å². The van der Waals surface area contributed by atoms with Crippen LogP contribution in [0.3, 0.4) is 0 Å². The number of carbonyl (C=O) groups excluding carboxylic acids is 3. The fourth-order valence-corrected chi connectivity index (χ4v) is 3.32. The van der Waals surface area contributed by atoms with E-state index in [4.69, 9.17) is 4.52 Å². The lowest BCUT2D eigenvalue weighted by molar-refractivity contribution is -0.139. The van der Waals surface area contributed by atoms with E-state index in [-0.39, 0.29) is 6.42 Å². The highest BCUT2D eigenvalue weighted by Crippen LogP contribution is 2.31. The lowest BCUT2D eigenvalue weighted by Gasteiger charge is -2.25. The molecule has 0 bridgehead atoms. The van der Waals surface area contributed by atoms with Gasteiger partial charge in [-0.05, 0) is 32.3 Å². The van der Waals surface area contributed by atoms with E-state index in [9.17, 15) is 14.4 Å². The molecular weight excluding hydrogens is 348 g/mol. The normalized spacial score (nSPS) is 19.3. The second-order valence-electron chi connectivity index (χ2n) is 6.53. The average molecular weight is 370 g/mol. The smallest absolute Gasteiger partial charge is 0.344 e. The van der Waals surface area contributed by atoms with Crippen LogP contribution in [-0.4, -0.2) is 28.0 Å². The first kappa shape index (κ1) is 18.6. The van der Waals surface area contributed by atoms with Gasteiger partial charge in [0.05, 0.1) is 5.69 Å². The Kier molecular flexibility index (Phi) is 4.98. The summed E-state index contributed by atoms with van der Waals surface area (Å²) in [6.45, 7) is 5.39. The number of amides is 4. The van der Waals surface area contributed by atoms with Gasteiger partial charge in [0, 0.05) is 12.0 Å². The minimum Gasteiger partial charge on any atom is -0.361 e. The zero-order valence-corrected chi connectivity index (χ0v) is 15.5. The van der Waals surface area contributed by atoms with E-state index >= 15 is 0 Å². The van der Waals surface area contributed by atoms with E-state index in [0.717, 1.165) is 16.3 Å². The molecule has 3 rings (SSSR count). The van der Waals surface area contributed by atoms with Crippen LogP contribution in [0.15, 0.2) is 34.9 Å². The van der Waals surface area contributed by atoms with Crippen molar-refractivity contribution < 1.29 is 18.9 Å². The van der Waals surface area contributed by atoms with Crippen molar-refractivity contribution in [3.8, 4) is 0 Å². The predicted molar refractivity (Wildman–Crippen MR) is 96.2 cm³/mol. The number of aromatic nitrogens is 1. The molecule has 0 spiro atoms. The molecular formula is C19H22N4O4. The summed E-state index contributed by atoms with van der Waals surface area (Å²) in [6, 6.07) is 8.36. The Labute approximate surface area is 156 Å². The number of urea groups is 1. The molecule has 8 nitrogen and oxygen atoms in total. The summed E-state index contributed by atoms with van der Waals surface area (Å²) in [5.41, 5.74) is 3.51. The van der Waals surface area contributed by atoms with Crippen LogP contribution in [0.2, 0.25) is 0 Å². The van der Waals surface area contributed by atoms with E-state index in [1.54, 1.807) is 38.1 Å². The van der Waals surface area contributed by atoms with Crippen molar-refractivity contribution in [2.75, 3.05) is 0 Å². The molecule has 4 amide bonds. The van der Waals surface area contributed by atoms with Crippen LogP contribution >= 0.6 is 0 Å². The third-order valence-electron chi connectivity index (χ3n) is 4.91. The molecule has 142 valence electrons. The Hall–Kier alpha value is -3.16. The second kappa shape index (κ2) is 7.22. The topological polar surface area (TPSA) is 105 Å². The van der Waals surface area contributed by atoms with Crippen molar-refractivity contribution in [3.05, 3.63) is 52.9 Å². The molecule has 8 heteroatoms. The number of hydrogen-bond donors (Lipinski definition) is 2. The van der Waals surface area contributed by atoms with Crippen molar-refractivity contribution >= 4 is 17.8 Å². The van der Waals surface area contributed by atoms with Gasteiger partial charge in [-0.3, -0.25) is 15.0 Å². The zero-order chi connectivity index (χ0) is 19.6. The molecule has 0 saturated carbocycles. The predicted octanol–water partition coefficient (Wildman–Crippen LogP) is 2.11. The summed E-state index contributed by atoms with van der Waals surface area (Å²) in [7, 11) is 0. The van der Waals surface area contributed by atoms with Gasteiger partial charge in [-0.25, -0.2) is 4.79 Å². The Morgan fingerprint density at radius 2 is 1.96 bits per heavy atom. The lowest BCUT2D eigenvalue weighted by Crippen LogP contribution is -2.48. The number of hydrogen-bond acceptors (Lipinski definition) is 5. The zero-order valence-electron chi connectivity index (χ0n) is 15.5. The molecule has 0 aliphatic carbocycles. The van der Waals surface area contributed by atoms with E-state index in [2.05, 4.69) is 15.9 Å². The number of benzene rings is 1.